The summed E-state index contributed by atoms with van der Waals surface area (Å²) in [5.41, 5.74) is 2.34. The van der Waals surface area contributed by atoms with Crippen molar-refractivity contribution in [2.75, 3.05) is 12.4 Å². The molecular formula is C9H12ClN. The summed E-state index contributed by atoms with van der Waals surface area (Å²) in [4.78, 5) is 0. The molecule has 0 heterocycles. The van der Waals surface area contributed by atoms with Crippen LogP contribution >= 0.6 is 11.6 Å². The summed E-state index contributed by atoms with van der Waals surface area (Å²) in [5.74, 6) is 0. The summed E-state index contributed by atoms with van der Waals surface area (Å²) in [6.45, 7) is 2.12. The van der Waals surface area contributed by atoms with Crippen LogP contribution in [0.3, 0.4) is 0 Å². The van der Waals surface area contributed by atoms with Crippen LogP contribution in [0.15, 0.2) is 18.2 Å². The van der Waals surface area contributed by atoms with E-state index in [-0.39, 0.29) is 0 Å². The van der Waals surface area contributed by atoms with Crippen LogP contribution in [0.1, 0.15) is 12.5 Å². The van der Waals surface area contributed by atoms with Gasteiger partial charge in [0.05, 0.1) is 0 Å². The van der Waals surface area contributed by atoms with E-state index in [1.165, 1.54) is 5.56 Å². The molecule has 0 aliphatic heterocycles. The topological polar surface area (TPSA) is 12.0 Å². The molecule has 0 bridgehead atoms. The lowest BCUT2D eigenvalue weighted by Gasteiger charge is -2.03. The molecule has 0 fully saturated rings. The number of nitrogens with one attached hydrogen (secondary N) is 1. The van der Waals surface area contributed by atoms with Gasteiger partial charge in [-0.25, -0.2) is 0 Å². The minimum Gasteiger partial charge on any atom is -0.388 e. The number of anilines is 1. The maximum absolute atomic E-state index is 5.87. The zero-order chi connectivity index (χ0) is 8.27. The Labute approximate surface area is 72.4 Å². The molecule has 0 aliphatic rings. The molecule has 1 N–H and O–H groups in total. The van der Waals surface area contributed by atoms with Crippen LogP contribution in [0.2, 0.25) is 5.02 Å². The average molecular weight is 170 g/mol. The fraction of sp³-hybridized carbons (Fsp3) is 0.333. The molecule has 0 amide bonds. The minimum atomic E-state index is 0.800. The highest BCUT2D eigenvalue weighted by Gasteiger charge is 1.95. The first-order chi connectivity index (χ1) is 5.26. The van der Waals surface area contributed by atoms with E-state index >= 15 is 0 Å². The van der Waals surface area contributed by atoms with Crippen LogP contribution in [0.5, 0.6) is 0 Å². The Balaban J connectivity index is 3.02. The Kier molecular flexibility index (Phi) is 2.77. The van der Waals surface area contributed by atoms with Gasteiger partial charge in [0.15, 0.2) is 0 Å². The molecule has 0 unspecified atom stereocenters. The molecule has 11 heavy (non-hydrogen) atoms. The maximum atomic E-state index is 5.87. The van der Waals surface area contributed by atoms with Gasteiger partial charge < -0.3 is 5.32 Å². The van der Waals surface area contributed by atoms with Gasteiger partial charge in [-0.2, -0.15) is 0 Å². The van der Waals surface area contributed by atoms with Crippen molar-refractivity contribution < 1.29 is 0 Å². The molecule has 0 atom stereocenters. The third-order valence-electron chi connectivity index (χ3n) is 1.65. The van der Waals surface area contributed by atoms with E-state index in [1.54, 1.807) is 0 Å². The number of hydrogen-bond donors (Lipinski definition) is 1. The van der Waals surface area contributed by atoms with E-state index in [2.05, 4.69) is 18.3 Å². The Morgan fingerprint density at radius 3 is 2.64 bits per heavy atom. The lowest BCUT2D eigenvalue weighted by atomic mass is 10.1. The zero-order valence-corrected chi connectivity index (χ0v) is 7.57. The van der Waals surface area contributed by atoms with E-state index in [4.69, 9.17) is 11.6 Å². The zero-order valence-electron chi connectivity index (χ0n) is 6.82. The average Bonchev–Trinajstić information content (AvgIpc) is 2.03. The van der Waals surface area contributed by atoms with Gasteiger partial charge in [0.25, 0.3) is 0 Å². The second-order valence-electron chi connectivity index (χ2n) is 2.45. The predicted octanol–water partition coefficient (Wildman–Crippen LogP) is 2.94. The summed E-state index contributed by atoms with van der Waals surface area (Å²) in [6.07, 6.45) is 1.02. The Morgan fingerprint density at radius 1 is 1.36 bits per heavy atom. The summed E-state index contributed by atoms with van der Waals surface area (Å²) in [6, 6.07) is 6.01. The first-order valence-electron chi connectivity index (χ1n) is 3.73. The first-order valence-corrected chi connectivity index (χ1v) is 4.11. The molecular weight excluding hydrogens is 158 g/mol. The summed E-state index contributed by atoms with van der Waals surface area (Å²) in [5, 5.41) is 3.86. The number of rotatable bonds is 2. The van der Waals surface area contributed by atoms with Gasteiger partial charge in [-0.05, 0) is 30.2 Å². The Morgan fingerprint density at radius 2 is 2.09 bits per heavy atom. The fourth-order valence-corrected chi connectivity index (χ4v) is 1.26. The Hall–Kier alpha value is -0.690. The van der Waals surface area contributed by atoms with E-state index in [9.17, 15) is 0 Å². The van der Waals surface area contributed by atoms with E-state index in [1.807, 2.05) is 19.2 Å². The molecule has 1 aromatic rings. The van der Waals surface area contributed by atoms with Crippen LogP contribution in [0.25, 0.3) is 0 Å². The van der Waals surface area contributed by atoms with Crippen molar-refractivity contribution in [3.05, 3.63) is 28.8 Å². The number of hydrogen-bond acceptors (Lipinski definition) is 1. The molecule has 0 spiro atoms. The van der Waals surface area contributed by atoms with Gasteiger partial charge >= 0.3 is 0 Å². The van der Waals surface area contributed by atoms with Crippen molar-refractivity contribution in [2.24, 2.45) is 0 Å². The second-order valence-corrected chi connectivity index (χ2v) is 2.89. The molecule has 0 radical (unpaired) electrons. The molecule has 0 aromatic heterocycles. The van der Waals surface area contributed by atoms with Gasteiger partial charge in [0.1, 0.15) is 0 Å². The molecule has 60 valence electrons. The van der Waals surface area contributed by atoms with Crippen molar-refractivity contribution in [3.63, 3.8) is 0 Å². The molecule has 0 saturated carbocycles. The highest BCUT2D eigenvalue weighted by Crippen LogP contribution is 2.18. The third kappa shape index (κ3) is 2.12. The smallest absolute Gasteiger partial charge is 0.0429 e. The molecule has 0 aliphatic carbocycles. The standard InChI is InChI=1S/C9H12ClN/c1-3-7-4-8(10)6-9(5-7)11-2/h4-6,11H,3H2,1-2H3. The molecule has 1 aromatic carbocycles. The van der Waals surface area contributed by atoms with Crippen LogP contribution in [0, 0.1) is 0 Å². The normalized spacial score (nSPS) is 9.73. The van der Waals surface area contributed by atoms with Gasteiger partial charge in [-0.15, -0.1) is 0 Å². The largest absolute Gasteiger partial charge is 0.388 e. The molecule has 1 nitrogen and oxygen atoms in total. The monoisotopic (exact) mass is 169 g/mol. The van der Waals surface area contributed by atoms with Gasteiger partial charge in [0.2, 0.25) is 0 Å². The van der Waals surface area contributed by atoms with Crippen molar-refractivity contribution in [1.29, 1.82) is 0 Å². The maximum Gasteiger partial charge on any atom is 0.0429 e. The van der Waals surface area contributed by atoms with Crippen LogP contribution in [0.4, 0.5) is 5.69 Å². The molecule has 2 heteroatoms. The highest BCUT2D eigenvalue weighted by atomic mass is 35.5. The van der Waals surface area contributed by atoms with Crippen molar-refractivity contribution in [2.45, 2.75) is 13.3 Å². The summed E-state index contributed by atoms with van der Waals surface area (Å²) in [7, 11) is 1.89. The molecule has 1 rings (SSSR count). The van der Waals surface area contributed by atoms with Gasteiger partial charge in [-0.3, -0.25) is 0 Å². The Bertz CT molecular complexity index is 223. The summed E-state index contributed by atoms with van der Waals surface area (Å²) >= 11 is 5.87. The minimum absolute atomic E-state index is 0.800. The van der Waals surface area contributed by atoms with Crippen molar-refractivity contribution >= 4 is 17.3 Å². The third-order valence-corrected chi connectivity index (χ3v) is 1.87. The van der Waals surface area contributed by atoms with E-state index in [0.29, 0.717) is 0 Å². The number of aryl methyl sites for hydroxylation is 1. The SMILES string of the molecule is CCc1cc(Cl)cc(NC)c1. The van der Waals surface area contributed by atoms with Crippen LogP contribution in [-0.4, -0.2) is 7.05 Å². The van der Waals surface area contributed by atoms with Crippen LogP contribution in [-0.2, 0) is 6.42 Å². The lowest BCUT2D eigenvalue weighted by molar-refractivity contribution is 1.14. The van der Waals surface area contributed by atoms with Crippen molar-refractivity contribution in [3.8, 4) is 0 Å². The highest BCUT2D eigenvalue weighted by molar-refractivity contribution is 6.30. The summed E-state index contributed by atoms with van der Waals surface area (Å²) < 4.78 is 0. The fourth-order valence-electron chi connectivity index (χ4n) is 0.999. The van der Waals surface area contributed by atoms with Gasteiger partial charge in [-0.1, -0.05) is 18.5 Å². The number of benzene rings is 1. The number of halogens is 1. The quantitative estimate of drug-likeness (QED) is 0.718. The molecule has 0 saturated heterocycles. The lowest BCUT2D eigenvalue weighted by Crippen LogP contribution is -1.89. The second kappa shape index (κ2) is 3.63. The van der Waals surface area contributed by atoms with Crippen molar-refractivity contribution in [1.82, 2.24) is 0 Å². The predicted molar refractivity (Wildman–Crippen MR) is 50.4 cm³/mol. The van der Waals surface area contributed by atoms with E-state index in [0.717, 1.165) is 17.1 Å². The first kappa shape index (κ1) is 8.41. The van der Waals surface area contributed by atoms with Crippen LogP contribution < -0.4 is 5.32 Å². The van der Waals surface area contributed by atoms with E-state index < -0.39 is 0 Å². The van der Waals surface area contributed by atoms with Gasteiger partial charge in [0, 0.05) is 17.8 Å².